The molecule has 0 amide bonds. The zero-order valence-corrected chi connectivity index (χ0v) is 14.3. The number of nitrogen functional groups attached to an aromatic ring is 1. The summed E-state index contributed by atoms with van der Waals surface area (Å²) >= 11 is 1.72. The molecule has 3 rings (SSSR count). The number of fused-ring (bicyclic) bond motifs is 1. The minimum Gasteiger partial charge on any atom is -0.384 e. The molecule has 0 unspecified atom stereocenters. The highest BCUT2D eigenvalue weighted by Gasteiger charge is 2.17. The molecule has 120 valence electrons. The van der Waals surface area contributed by atoms with E-state index in [-0.39, 0.29) is 5.41 Å². The number of nitrogens with zero attached hydrogens (tertiary/aromatic N) is 4. The Kier molecular flexibility index (Phi) is 4.12. The maximum absolute atomic E-state index is 5.69. The third kappa shape index (κ3) is 3.56. The van der Waals surface area contributed by atoms with Crippen LogP contribution < -0.4 is 11.1 Å². The number of nitrogens with two attached hydrogens (primary N) is 1. The Labute approximate surface area is 139 Å². The van der Waals surface area contributed by atoms with Gasteiger partial charge in [-0.15, -0.1) is 11.3 Å². The van der Waals surface area contributed by atoms with Crippen molar-refractivity contribution in [2.75, 3.05) is 17.6 Å². The van der Waals surface area contributed by atoms with Gasteiger partial charge in [0.1, 0.15) is 18.0 Å². The second-order valence-electron chi connectivity index (χ2n) is 6.40. The van der Waals surface area contributed by atoms with Gasteiger partial charge in [0.25, 0.3) is 0 Å². The molecule has 0 spiro atoms. The van der Waals surface area contributed by atoms with Crippen LogP contribution in [0.1, 0.15) is 31.5 Å². The smallest absolute Gasteiger partial charge is 0.166 e. The van der Waals surface area contributed by atoms with E-state index in [0.29, 0.717) is 11.5 Å². The molecule has 3 N–H and O–H groups in total. The number of pyridine rings is 1. The van der Waals surface area contributed by atoms with E-state index >= 15 is 0 Å². The molecule has 7 heteroatoms. The summed E-state index contributed by atoms with van der Waals surface area (Å²) in [6.45, 7) is 7.29. The van der Waals surface area contributed by atoms with Crippen molar-refractivity contribution in [3.05, 3.63) is 34.5 Å². The van der Waals surface area contributed by atoms with E-state index in [1.165, 1.54) is 11.3 Å². The predicted molar refractivity (Wildman–Crippen MR) is 94.8 cm³/mol. The van der Waals surface area contributed by atoms with Crippen molar-refractivity contribution in [3.8, 4) is 0 Å². The van der Waals surface area contributed by atoms with Crippen molar-refractivity contribution in [1.29, 1.82) is 0 Å². The first kappa shape index (κ1) is 15.6. The van der Waals surface area contributed by atoms with E-state index < -0.39 is 0 Å². The van der Waals surface area contributed by atoms with Gasteiger partial charge in [-0.1, -0.05) is 20.8 Å². The van der Waals surface area contributed by atoms with Crippen LogP contribution in [0, 0.1) is 0 Å². The number of anilines is 2. The normalized spacial score (nSPS) is 11.8. The molecule has 6 nitrogen and oxygen atoms in total. The van der Waals surface area contributed by atoms with Gasteiger partial charge in [0.2, 0.25) is 0 Å². The third-order valence-electron chi connectivity index (χ3n) is 3.39. The Morgan fingerprint density at radius 1 is 1.17 bits per heavy atom. The molecule has 3 aromatic heterocycles. The Bertz CT molecular complexity index is 821. The monoisotopic (exact) mass is 328 g/mol. The summed E-state index contributed by atoms with van der Waals surface area (Å²) in [7, 11) is 0. The van der Waals surface area contributed by atoms with Crippen molar-refractivity contribution in [2.24, 2.45) is 0 Å². The number of nitrogens with one attached hydrogen (secondary N) is 1. The van der Waals surface area contributed by atoms with Gasteiger partial charge < -0.3 is 11.1 Å². The quantitative estimate of drug-likeness (QED) is 0.765. The molecule has 0 atom stereocenters. The van der Waals surface area contributed by atoms with E-state index in [2.05, 4.69) is 46.4 Å². The second-order valence-corrected chi connectivity index (χ2v) is 7.26. The van der Waals surface area contributed by atoms with Crippen LogP contribution in [0.5, 0.6) is 0 Å². The van der Waals surface area contributed by atoms with E-state index in [9.17, 15) is 0 Å². The molecule has 0 fully saturated rings. The van der Waals surface area contributed by atoms with Crippen molar-refractivity contribution in [2.45, 2.75) is 32.6 Å². The van der Waals surface area contributed by atoms with Crippen molar-refractivity contribution in [3.63, 3.8) is 0 Å². The molecule has 3 heterocycles. The predicted octanol–water partition coefficient (Wildman–Crippen LogP) is 3.02. The molecule has 0 bridgehead atoms. The Morgan fingerprint density at radius 2 is 2.00 bits per heavy atom. The SMILES string of the molecule is CC(C)(C)c1nc(CCNc2ncnc3nc(N)ccc23)cs1. The highest BCUT2D eigenvalue weighted by molar-refractivity contribution is 7.09. The average Bonchev–Trinajstić information content (AvgIpc) is 2.96. The third-order valence-corrected chi connectivity index (χ3v) is 4.70. The van der Waals surface area contributed by atoms with Crippen LogP contribution in [0.15, 0.2) is 23.8 Å². The highest BCUT2D eigenvalue weighted by atomic mass is 32.1. The molecule has 0 aromatic carbocycles. The summed E-state index contributed by atoms with van der Waals surface area (Å²) in [6.07, 6.45) is 2.35. The fourth-order valence-electron chi connectivity index (χ4n) is 2.17. The molecule has 0 aliphatic heterocycles. The van der Waals surface area contributed by atoms with Gasteiger partial charge in [-0.05, 0) is 12.1 Å². The standard InChI is InChI=1S/C16H20N6S/c1-16(2,3)15-21-10(8-23-15)6-7-18-13-11-4-5-12(17)22-14(11)20-9-19-13/h4-5,8-9H,6-7H2,1-3H3,(H3,17,18,19,20,22). The van der Waals surface area contributed by atoms with Crippen molar-refractivity contribution in [1.82, 2.24) is 19.9 Å². The number of hydrogen-bond donors (Lipinski definition) is 2. The van der Waals surface area contributed by atoms with Gasteiger partial charge >= 0.3 is 0 Å². The van der Waals surface area contributed by atoms with E-state index in [1.807, 2.05) is 6.07 Å². The van der Waals surface area contributed by atoms with Crippen molar-refractivity contribution < 1.29 is 0 Å². The molecule has 23 heavy (non-hydrogen) atoms. The molecular weight excluding hydrogens is 308 g/mol. The zero-order chi connectivity index (χ0) is 16.4. The largest absolute Gasteiger partial charge is 0.384 e. The van der Waals surface area contributed by atoms with Gasteiger partial charge in [-0.25, -0.2) is 19.9 Å². The van der Waals surface area contributed by atoms with E-state index in [0.717, 1.165) is 29.9 Å². The summed E-state index contributed by atoms with van der Waals surface area (Å²) in [5.74, 6) is 1.23. The molecule has 0 saturated heterocycles. The van der Waals surface area contributed by atoms with Gasteiger partial charge in [0.15, 0.2) is 5.65 Å². The van der Waals surface area contributed by atoms with Crippen LogP contribution in [-0.4, -0.2) is 26.5 Å². The summed E-state index contributed by atoms with van der Waals surface area (Å²) in [6, 6.07) is 3.65. The van der Waals surface area contributed by atoms with Gasteiger partial charge in [0, 0.05) is 23.8 Å². The number of aromatic nitrogens is 4. The van der Waals surface area contributed by atoms with Gasteiger partial charge in [-0.2, -0.15) is 0 Å². The van der Waals surface area contributed by atoms with Crippen LogP contribution in [0.3, 0.4) is 0 Å². The minimum absolute atomic E-state index is 0.102. The first-order valence-corrected chi connectivity index (χ1v) is 8.37. The van der Waals surface area contributed by atoms with Crippen LogP contribution >= 0.6 is 11.3 Å². The Hall–Kier alpha value is -2.28. The lowest BCUT2D eigenvalue weighted by molar-refractivity contribution is 0.583. The van der Waals surface area contributed by atoms with Gasteiger partial charge in [0.05, 0.1) is 16.1 Å². The average molecular weight is 328 g/mol. The Balaban J connectivity index is 1.68. The highest BCUT2D eigenvalue weighted by Crippen LogP contribution is 2.25. The molecule has 3 aromatic rings. The van der Waals surface area contributed by atoms with E-state index in [1.54, 1.807) is 17.4 Å². The molecule has 0 saturated carbocycles. The molecule has 0 aliphatic carbocycles. The fraction of sp³-hybridized carbons (Fsp3) is 0.375. The lowest BCUT2D eigenvalue weighted by Gasteiger charge is -2.13. The second kappa shape index (κ2) is 6.08. The maximum Gasteiger partial charge on any atom is 0.166 e. The van der Waals surface area contributed by atoms with Crippen LogP contribution in [0.25, 0.3) is 11.0 Å². The van der Waals surface area contributed by atoms with E-state index in [4.69, 9.17) is 10.7 Å². The number of hydrogen-bond acceptors (Lipinski definition) is 7. The maximum atomic E-state index is 5.69. The lowest BCUT2D eigenvalue weighted by Crippen LogP contribution is -2.11. The lowest BCUT2D eigenvalue weighted by atomic mass is 9.98. The number of thiazole rings is 1. The number of rotatable bonds is 4. The molecule has 0 radical (unpaired) electrons. The summed E-state index contributed by atoms with van der Waals surface area (Å²) < 4.78 is 0. The van der Waals surface area contributed by atoms with Crippen molar-refractivity contribution >= 4 is 34.0 Å². The fourth-order valence-corrected chi connectivity index (χ4v) is 3.11. The van der Waals surface area contributed by atoms with Crippen LogP contribution in [-0.2, 0) is 11.8 Å². The van der Waals surface area contributed by atoms with Crippen LogP contribution in [0.2, 0.25) is 0 Å². The van der Waals surface area contributed by atoms with Crippen LogP contribution in [0.4, 0.5) is 11.6 Å². The zero-order valence-electron chi connectivity index (χ0n) is 13.5. The summed E-state index contributed by atoms with van der Waals surface area (Å²) in [5.41, 5.74) is 7.50. The molecular formula is C16H20N6S. The summed E-state index contributed by atoms with van der Waals surface area (Å²) in [4.78, 5) is 17.4. The van der Waals surface area contributed by atoms with Gasteiger partial charge in [-0.3, -0.25) is 0 Å². The Morgan fingerprint density at radius 3 is 2.74 bits per heavy atom. The first-order chi connectivity index (χ1) is 10.9. The minimum atomic E-state index is 0.102. The molecule has 0 aliphatic rings. The first-order valence-electron chi connectivity index (χ1n) is 7.49. The summed E-state index contributed by atoms with van der Waals surface area (Å²) in [5, 5.41) is 7.50. The topological polar surface area (TPSA) is 89.6 Å².